The summed E-state index contributed by atoms with van der Waals surface area (Å²) in [7, 11) is 1.48. The SMILES string of the molecule is CCOC(=O)C(N)Cc1ccc(OC)c(O)c1I. The third kappa shape index (κ3) is 3.49. The molecule has 0 fully saturated rings. The number of rotatable bonds is 5. The van der Waals surface area contributed by atoms with E-state index in [4.69, 9.17) is 15.2 Å². The Hall–Kier alpha value is -1.02. The van der Waals surface area contributed by atoms with Gasteiger partial charge in [0.2, 0.25) is 0 Å². The second-order valence-electron chi connectivity index (χ2n) is 3.65. The van der Waals surface area contributed by atoms with Crippen LogP contribution in [0.3, 0.4) is 0 Å². The van der Waals surface area contributed by atoms with E-state index >= 15 is 0 Å². The predicted octanol–water partition coefficient (Wildman–Crippen LogP) is 1.44. The van der Waals surface area contributed by atoms with Gasteiger partial charge in [-0.2, -0.15) is 0 Å². The molecular formula is C12H16INO4. The summed E-state index contributed by atoms with van der Waals surface area (Å²) in [5.41, 5.74) is 6.52. The van der Waals surface area contributed by atoms with Crippen LogP contribution in [-0.4, -0.2) is 30.8 Å². The maximum atomic E-state index is 11.4. The van der Waals surface area contributed by atoms with Crippen LogP contribution in [0.1, 0.15) is 12.5 Å². The molecule has 5 nitrogen and oxygen atoms in total. The van der Waals surface area contributed by atoms with Gasteiger partial charge in [-0.3, -0.25) is 4.79 Å². The quantitative estimate of drug-likeness (QED) is 0.610. The van der Waals surface area contributed by atoms with E-state index in [1.807, 2.05) is 22.6 Å². The summed E-state index contributed by atoms with van der Waals surface area (Å²) < 4.78 is 10.5. The van der Waals surface area contributed by atoms with Gasteiger partial charge in [-0.15, -0.1) is 0 Å². The van der Waals surface area contributed by atoms with Gasteiger partial charge in [0.25, 0.3) is 0 Å². The number of methoxy groups -OCH3 is 1. The van der Waals surface area contributed by atoms with Gasteiger partial charge < -0.3 is 20.3 Å². The second-order valence-corrected chi connectivity index (χ2v) is 4.73. The molecule has 1 atom stereocenters. The van der Waals surface area contributed by atoms with Crippen LogP contribution in [0.25, 0.3) is 0 Å². The number of esters is 1. The lowest BCUT2D eigenvalue weighted by Gasteiger charge is -2.13. The highest BCUT2D eigenvalue weighted by atomic mass is 127. The van der Waals surface area contributed by atoms with Crippen LogP contribution < -0.4 is 10.5 Å². The number of carbonyl (C=O) groups is 1. The van der Waals surface area contributed by atoms with Gasteiger partial charge in [0.1, 0.15) is 6.04 Å². The third-order valence-corrected chi connectivity index (χ3v) is 3.61. The molecule has 1 aromatic rings. The van der Waals surface area contributed by atoms with Gasteiger partial charge in [-0.25, -0.2) is 0 Å². The van der Waals surface area contributed by atoms with E-state index in [0.717, 1.165) is 5.56 Å². The molecule has 100 valence electrons. The molecule has 0 aliphatic rings. The minimum atomic E-state index is -0.730. The van der Waals surface area contributed by atoms with Crippen molar-refractivity contribution in [3.05, 3.63) is 21.3 Å². The van der Waals surface area contributed by atoms with Gasteiger partial charge >= 0.3 is 5.97 Å². The Morgan fingerprint density at radius 2 is 2.22 bits per heavy atom. The Kier molecular flexibility index (Phi) is 5.67. The van der Waals surface area contributed by atoms with E-state index in [1.165, 1.54) is 7.11 Å². The maximum absolute atomic E-state index is 11.4. The number of benzene rings is 1. The summed E-state index contributed by atoms with van der Waals surface area (Å²) in [4.78, 5) is 11.4. The lowest BCUT2D eigenvalue weighted by molar-refractivity contribution is -0.144. The van der Waals surface area contributed by atoms with Gasteiger partial charge in [0.15, 0.2) is 11.5 Å². The molecule has 3 N–H and O–H groups in total. The van der Waals surface area contributed by atoms with E-state index in [2.05, 4.69) is 0 Å². The number of nitrogens with two attached hydrogens (primary N) is 1. The molecule has 1 unspecified atom stereocenters. The highest BCUT2D eigenvalue weighted by Crippen LogP contribution is 2.33. The number of aromatic hydroxyl groups is 1. The highest BCUT2D eigenvalue weighted by Gasteiger charge is 2.18. The first-order valence-electron chi connectivity index (χ1n) is 5.47. The lowest BCUT2D eigenvalue weighted by Crippen LogP contribution is -2.34. The maximum Gasteiger partial charge on any atom is 0.323 e. The van der Waals surface area contributed by atoms with E-state index < -0.39 is 12.0 Å². The first-order valence-corrected chi connectivity index (χ1v) is 6.55. The van der Waals surface area contributed by atoms with Crippen molar-refractivity contribution in [3.8, 4) is 11.5 Å². The molecule has 18 heavy (non-hydrogen) atoms. The van der Waals surface area contributed by atoms with Crippen molar-refractivity contribution >= 4 is 28.6 Å². The standard InChI is InChI=1S/C12H16INO4/c1-3-18-12(16)8(14)6-7-4-5-9(17-2)11(15)10(7)13/h4-5,8,15H,3,6,14H2,1-2H3. The average molecular weight is 365 g/mol. The van der Waals surface area contributed by atoms with Crippen LogP contribution in [0.2, 0.25) is 0 Å². The number of phenolic OH excluding ortho intramolecular Hbond substituents is 1. The van der Waals surface area contributed by atoms with Crippen LogP contribution in [-0.2, 0) is 16.0 Å². The molecule has 0 aliphatic heterocycles. The third-order valence-electron chi connectivity index (χ3n) is 2.41. The number of phenols is 1. The van der Waals surface area contributed by atoms with Crippen LogP contribution in [0.4, 0.5) is 0 Å². The first-order chi connectivity index (χ1) is 8.51. The number of hydrogen-bond donors (Lipinski definition) is 2. The van der Waals surface area contributed by atoms with Crippen molar-refractivity contribution in [1.82, 2.24) is 0 Å². The van der Waals surface area contributed by atoms with Crippen molar-refractivity contribution < 1.29 is 19.4 Å². The molecular weight excluding hydrogens is 349 g/mol. The lowest BCUT2D eigenvalue weighted by atomic mass is 10.1. The predicted molar refractivity (Wildman–Crippen MR) is 75.7 cm³/mol. The molecule has 0 spiro atoms. The fourth-order valence-corrected chi connectivity index (χ4v) is 2.15. The smallest absolute Gasteiger partial charge is 0.323 e. The Morgan fingerprint density at radius 1 is 1.56 bits per heavy atom. The Labute approximate surface area is 119 Å². The molecule has 0 aliphatic carbocycles. The first kappa shape index (κ1) is 15.0. The number of ether oxygens (including phenoxy) is 2. The molecule has 0 amide bonds. The van der Waals surface area contributed by atoms with Crippen molar-refractivity contribution in [3.63, 3.8) is 0 Å². The van der Waals surface area contributed by atoms with Crippen LogP contribution in [0.5, 0.6) is 11.5 Å². The van der Waals surface area contributed by atoms with Gasteiger partial charge in [-0.05, 0) is 47.6 Å². The second kappa shape index (κ2) is 6.79. The largest absolute Gasteiger partial charge is 0.504 e. The summed E-state index contributed by atoms with van der Waals surface area (Å²) in [6.45, 7) is 2.03. The van der Waals surface area contributed by atoms with E-state index in [9.17, 15) is 9.90 Å². The summed E-state index contributed by atoms with van der Waals surface area (Å²) in [5.74, 6) is 0.0168. The van der Waals surface area contributed by atoms with E-state index in [0.29, 0.717) is 22.3 Å². The van der Waals surface area contributed by atoms with Crippen molar-refractivity contribution in [2.24, 2.45) is 5.73 Å². The van der Waals surface area contributed by atoms with Crippen LogP contribution in [0, 0.1) is 3.57 Å². The Balaban J connectivity index is 2.85. The fraction of sp³-hybridized carbons (Fsp3) is 0.417. The molecule has 6 heteroatoms. The van der Waals surface area contributed by atoms with E-state index in [1.54, 1.807) is 19.1 Å². The summed E-state index contributed by atoms with van der Waals surface area (Å²) in [6, 6.07) is 2.69. The van der Waals surface area contributed by atoms with Crippen molar-refractivity contribution in [2.45, 2.75) is 19.4 Å². The van der Waals surface area contributed by atoms with E-state index in [-0.39, 0.29) is 5.75 Å². The zero-order valence-corrected chi connectivity index (χ0v) is 12.4. The molecule has 0 saturated carbocycles. The van der Waals surface area contributed by atoms with Crippen molar-refractivity contribution in [1.29, 1.82) is 0 Å². The Bertz CT molecular complexity index is 436. The summed E-state index contributed by atoms with van der Waals surface area (Å²) >= 11 is 1.99. The minimum Gasteiger partial charge on any atom is -0.504 e. The molecule has 1 rings (SSSR count). The van der Waals surface area contributed by atoms with Crippen LogP contribution >= 0.6 is 22.6 Å². The van der Waals surface area contributed by atoms with Crippen LogP contribution in [0.15, 0.2) is 12.1 Å². The minimum absolute atomic E-state index is 0.0617. The fourth-order valence-electron chi connectivity index (χ4n) is 1.48. The molecule has 0 bridgehead atoms. The van der Waals surface area contributed by atoms with Gasteiger partial charge in [-0.1, -0.05) is 6.07 Å². The zero-order chi connectivity index (χ0) is 13.7. The number of carbonyl (C=O) groups excluding carboxylic acids is 1. The highest BCUT2D eigenvalue weighted by molar-refractivity contribution is 14.1. The number of halogens is 1. The van der Waals surface area contributed by atoms with Gasteiger partial charge in [0, 0.05) is 0 Å². The van der Waals surface area contributed by atoms with Gasteiger partial charge in [0.05, 0.1) is 17.3 Å². The molecule has 0 heterocycles. The molecule has 1 aromatic carbocycles. The zero-order valence-electron chi connectivity index (χ0n) is 10.3. The monoisotopic (exact) mass is 365 g/mol. The molecule has 0 radical (unpaired) electrons. The molecule has 0 aromatic heterocycles. The Morgan fingerprint density at radius 3 is 2.78 bits per heavy atom. The molecule has 0 saturated heterocycles. The summed E-state index contributed by atoms with van der Waals surface area (Å²) in [5, 5.41) is 9.84. The summed E-state index contributed by atoms with van der Waals surface area (Å²) in [6.07, 6.45) is 0.314. The van der Waals surface area contributed by atoms with Crippen molar-refractivity contribution in [2.75, 3.05) is 13.7 Å². The normalized spacial score (nSPS) is 12.0. The topological polar surface area (TPSA) is 81.8 Å². The number of hydrogen-bond acceptors (Lipinski definition) is 5. The average Bonchev–Trinajstić information content (AvgIpc) is 2.35.